The normalized spacial score (nSPS) is 24.8. The molecule has 0 spiro atoms. The quantitative estimate of drug-likeness (QED) is 0.483. The van der Waals surface area contributed by atoms with E-state index in [1.165, 1.54) is 0 Å². The second-order valence-electron chi connectivity index (χ2n) is 3.19. The van der Waals surface area contributed by atoms with Crippen LogP contribution in [0.25, 0.3) is 0 Å². The Morgan fingerprint density at radius 2 is 2.50 bits per heavy atom. The lowest BCUT2D eigenvalue weighted by molar-refractivity contribution is 0.252. The van der Waals surface area contributed by atoms with E-state index in [0.29, 0.717) is 12.1 Å². The van der Waals surface area contributed by atoms with Crippen LogP contribution in [-0.4, -0.2) is 29.9 Å². The van der Waals surface area contributed by atoms with Gasteiger partial charge in [0.15, 0.2) is 0 Å². The second-order valence-corrected chi connectivity index (χ2v) is 3.81. The van der Waals surface area contributed by atoms with Crippen molar-refractivity contribution in [2.45, 2.75) is 18.2 Å². The Hall–Kier alpha value is -0.520. The first kappa shape index (κ1) is 9.57. The van der Waals surface area contributed by atoms with Gasteiger partial charge in [-0.1, -0.05) is 6.58 Å². The zero-order valence-corrected chi connectivity index (χ0v) is 7.85. The van der Waals surface area contributed by atoms with Crippen LogP contribution in [0.4, 0.5) is 0 Å². The van der Waals surface area contributed by atoms with Crippen molar-refractivity contribution in [2.75, 3.05) is 19.6 Å². The molecule has 2 nitrogen and oxygen atoms in total. The first-order valence-electron chi connectivity index (χ1n) is 4.16. The Labute approximate surface area is 78.4 Å². The number of halogens is 1. The fraction of sp³-hybridized carbons (Fsp3) is 0.667. The average Bonchev–Trinajstić information content (AvgIpc) is 2.04. The van der Waals surface area contributed by atoms with Crippen LogP contribution in [0, 0.1) is 11.3 Å². The molecule has 0 aromatic rings. The molecule has 0 saturated carbocycles. The van der Waals surface area contributed by atoms with Gasteiger partial charge < -0.3 is 0 Å². The van der Waals surface area contributed by atoms with E-state index in [0.717, 1.165) is 25.9 Å². The maximum atomic E-state index is 8.52. The third-order valence-corrected chi connectivity index (χ3v) is 2.38. The summed E-state index contributed by atoms with van der Waals surface area (Å²) in [4.78, 5) is 2.19. The van der Waals surface area contributed by atoms with Gasteiger partial charge in [0.25, 0.3) is 0 Å². The first-order chi connectivity index (χ1) is 5.72. The molecule has 0 N–H and O–H groups in total. The van der Waals surface area contributed by atoms with Crippen LogP contribution in [0.3, 0.4) is 0 Å². The third kappa shape index (κ3) is 2.84. The number of piperidine rings is 1. The van der Waals surface area contributed by atoms with Crippen LogP contribution >= 0.6 is 11.6 Å². The maximum Gasteiger partial charge on any atom is 0.0954 e. The lowest BCUT2D eigenvalue weighted by Crippen LogP contribution is -2.36. The summed E-state index contributed by atoms with van der Waals surface area (Å²) in [6.45, 7) is 6.26. The molecule has 1 heterocycles. The van der Waals surface area contributed by atoms with Gasteiger partial charge in [-0.25, -0.2) is 0 Å². The summed E-state index contributed by atoms with van der Waals surface area (Å²) >= 11 is 5.98. The number of nitriles is 1. The number of alkyl halides is 1. The molecule has 66 valence electrons. The fourth-order valence-electron chi connectivity index (χ4n) is 1.45. The molecule has 0 aromatic carbocycles. The summed E-state index contributed by atoms with van der Waals surface area (Å²) in [6.07, 6.45) is 2.23. The molecule has 0 amide bonds. The predicted octanol–water partition coefficient (Wildman–Crippen LogP) is 1.77. The molecule has 0 radical (unpaired) electrons. The number of hydrogen-bond acceptors (Lipinski definition) is 2. The average molecular weight is 185 g/mol. The summed E-state index contributed by atoms with van der Waals surface area (Å²) in [5.74, 6) is 0. The van der Waals surface area contributed by atoms with Crippen LogP contribution < -0.4 is 0 Å². The van der Waals surface area contributed by atoms with Gasteiger partial charge in [-0.2, -0.15) is 5.26 Å². The lowest BCUT2D eigenvalue weighted by atomic mass is 10.1. The molecule has 0 bridgehead atoms. The minimum absolute atomic E-state index is 0.255. The summed E-state index contributed by atoms with van der Waals surface area (Å²) in [5.41, 5.74) is 0.626. The second kappa shape index (κ2) is 4.49. The van der Waals surface area contributed by atoms with E-state index in [1.54, 1.807) is 0 Å². The standard InChI is InChI=1S/C9H13ClN2/c1-8(5-11)6-12-4-2-3-9(10)7-12/h9H,1-4,6-7H2. The Balaban J connectivity index is 2.33. The Morgan fingerprint density at radius 3 is 3.08 bits per heavy atom. The highest BCUT2D eigenvalue weighted by atomic mass is 35.5. The molecule has 1 fully saturated rings. The molecule has 1 aliphatic heterocycles. The molecule has 1 atom stereocenters. The molecule has 3 heteroatoms. The predicted molar refractivity (Wildman–Crippen MR) is 50.1 cm³/mol. The van der Waals surface area contributed by atoms with Crippen LogP contribution in [0.5, 0.6) is 0 Å². The number of hydrogen-bond donors (Lipinski definition) is 0. The summed E-state index contributed by atoms with van der Waals surface area (Å²) in [5, 5.41) is 8.78. The van der Waals surface area contributed by atoms with Crippen molar-refractivity contribution in [3.05, 3.63) is 12.2 Å². The van der Waals surface area contributed by atoms with E-state index in [9.17, 15) is 0 Å². The zero-order valence-electron chi connectivity index (χ0n) is 7.09. The van der Waals surface area contributed by atoms with Gasteiger partial charge in [-0.3, -0.25) is 4.90 Å². The van der Waals surface area contributed by atoms with Gasteiger partial charge in [-0.15, -0.1) is 11.6 Å². The molecular weight excluding hydrogens is 172 g/mol. The maximum absolute atomic E-state index is 8.52. The topological polar surface area (TPSA) is 27.0 Å². The largest absolute Gasteiger partial charge is 0.297 e. The molecule has 1 aliphatic rings. The summed E-state index contributed by atoms with van der Waals surface area (Å²) < 4.78 is 0. The van der Waals surface area contributed by atoms with Gasteiger partial charge in [0.1, 0.15) is 0 Å². The SMILES string of the molecule is C=C(C#N)CN1CCCC(Cl)C1. The highest BCUT2D eigenvalue weighted by Crippen LogP contribution is 2.15. The Morgan fingerprint density at radius 1 is 1.75 bits per heavy atom. The number of likely N-dealkylation sites (tertiary alicyclic amines) is 1. The molecular formula is C9H13ClN2. The Bertz CT molecular complexity index is 207. The van der Waals surface area contributed by atoms with Gasteiger partial charge in [-0.05, 0) is 19.4 Å². The van der Waals surface area contributed by atoms with Crippen molar-refractivity contribution >= 4 is 11.6 Å². The highest BCUT2D eigenvalue weighted by molar-refractivity contribution is 6.20. The van der Waals surface area contributed by atoms with E-state index in [4.69, 9.17) is 16.9 Å². The molecule has 0 aromatic heterocycles. The highest BCUT2D eigenvalue weighted by Gasteiger charge is 2.17. The van der Waals surface area contributed by atoms with E-state index < -0.39 is 0 Å². The minimum atomic E-state index is 0.255. The van der Waals surface area contributed by atoms with Crippen molar-refractivity contribution in [1.29, 1.82) is 5.26 Å². The summed E-state index contributed by atoms with van der Waals surface area (Å²) in [6, 6.07) is 2.05. The smallest absolute Gasteiger partial charge is 0.0954 e. The van der Waals surface area contributed by atoms with Crippen molar-refractivity contribution in [1.82, 2.24) is 4.90 Å². The third-order valence-electron chi connectivity index (χ3n) is 2.02. The molecule has 1 rings (SSSR count). The summed E-state index contributed by atoms with van der Waals surface area (Å²) in [7, 11) is 0. The van der Waals surface area contributed by atoms with E-state index >= 15 is 0 Å². The van der Waals surface area contributed by atoms with Gasteiger partial charge in [0.2, 0.25) is 0 Å². The van der Waals surface area contributed by atoms with Crippen LogP contribution in [-0.2, 0) is 0 Å². The molecule has 1 unspecified atom stereocenters. The lowest BCUT2D eigenvalue weighted by Gasteiger charge is -2.28. The fourth-order valence-corrected chi connectivity index (χ4v) is 1.80. The molecule has 12 heavy (non-hydrogen) atoms. The van der Waals surface area contributed by atoms with Crippen LogP contribution in [0.1, 0.15) is 12.8 Å². The Kier molecular flexibility index (Phi) is 3.58. The molecule has 1 saturated heterocycles. The van der Waals surface area contributed by atoms with Gasteiger partial charge >= 0.3 is 0 Å². The van der Waals surface area contributed by atoms with Gasteiger partial charge in [0, 0.05) is 24.0 Å². The van der Waals surface area contributed by atoms with Crippen molar-refractivity contribution in [3.63, 3.8) is 0 Å². The van der Waals surface area contributed by atoms with Gasteiger partial charge in [0.05, 0.1) is 6.07 Å². The molecule has 0 aliphatic carbocycles. The monoisotopic (exact) mass is 184 g/mol. The van der Waals surface area contributed by atoms with E-state index in [2.05, 4.69) is 11.5 Å². The van der Waals surface area contributed by atoms with Crippen molar-refractivity contribution in [3.8, 4) is 6.07 Å². The number of nitrogens with zero attached hydrogens (tertiary/aromatic N) is 2. The van der Waals surface area contributed by atoms with E-state index in [1.807, 2.05) is 6.07 Å². The number of rotatable bonds is 2. The van der Waals surface area contributed by atoms with Crippen molar-refractivity contribution < 1.29 is 0 Å². The van der Waals surface area contributed by atoms with Crippen molar-refractivity contribution in [2.24, 2.45) is 0 Å². The van der Waals surface area contributed by atoms with E-state index in [-0.39, 0.29) is 5.38 Å². The van der Waals surface area contributed by atoms with Crippen LogP contribution in [0.2, 0.25) is 0 Å². The minimum Gasteiger partial charge on any atom is -0.297 e. The first-order valence-corrected chi connectivity index (χ1v) is 4.60. The van der Waals surface area contributed by atoms with Crippen LogP contribution in [0.15, 0.2) is 12.2 Å². The zero-order chi connectivity index (χ0) is 8.97.